The molecule has 10 heavy (non-hydrogen) atoms. The fraction of sp³-hybridized carbons (Fsp3) is 0.667. The third-order valence-electron chi connectivity index (χ3n) is 1.31. The van der Waals surface area contributed by atoms with Crippen molar-refractivity contribution in [3.05, 3.63) is 0 Å². The second kappa shape index (κ2) is 2.79. The van der Waals surface area contributed by atoms with Crippen LogP contribution in [0, 0.1) is 0 Å². The fourth-order valence-corrected chi connectivity index (χ4v) is 0.799. The third-order valence-corrected chi connectivity index (χ3v) is 1.31. The number of hydrogen-bond acceptors (Lipinski definition) is 4. The molecule has 0 radical (unpaired) electrons. The molecule has 1 saturated heterocycles. The summed E-state index contributed by atoms with van der Waals surface area (Å²) in [6.45, 7) is 0. The van der Waals surface area contributed by atoms with Crippen LogP contribution >= 0.6 is 0 Å². The summed E-state index contributed by atoms with van der Waals surface area (Å²) in [4.78, 5) is 21.0. The van der Waals surface area contributed by atoms with E-state index >= 15 is 0 Å². The van der Waals surface area contributed by atoms with Crippen LogP contribution in [0.1, 0.15) is 19.3 Å². The molecule has 1 N–H and O–H groups in total. The Bertz CT molecular complexity index is 163. The van der Waals surface area contributed by atoms with Gasteiger partial charge in [0.05, 0.1) is 12.5 Å². The molecule has 1 fully saturated rings. The van der Waals surface area contributed by atoms with Crippen molar-refractivity contribution in [2.45, 2.75) is 25.4 Å². The summed E-state index contributed by atoms with van der Waals surface area (Å²) in [5, 5.41) is 8.92. The zero-order valence-corrected chi connectivity index (χ0v) is 5.37. The van der Waals surface area contributed by atoms with Crippen molar-refractivity contribution in [3.63, 3.8) is 0 Å². The normalized spacial score (nSPS) is 27.5. The molecular formula is C6H8O4. The van der Waals surface area contributed by atoms with Gasteiger partial charge in [0, 0.05) is 6.42 Å². The van der Waals surface area contributed by atoms with Gasteiger partial charge in [-0.3, -0.25) is 9.59 Å². The van der Waals surface area contributed by atoms with E-state index in [9.17, 15) is 9.59 Å². The predicted molar refractivity (Wildman–Crippen MR) is 31.0 cm³/mol. The van der Waals surface area contributed by atoms with Gasteiger partial charge in [-0.1, -0.05) is 0 Å². The van der Waals surface area contributed by atoms with Gasteiger partial charge in [-0.15, -0.1) is 0 Å². The fourth-order valence-electron chi connectivity index (χ4n) is 0.799. The number of carbonyl (C=O) groups excluding carboxylic acids is 2. The van der Waals surface area contributed by atoms with E-state index in [2.05, 4.69) is 4.74 Å². The van der Waals surface area contributed by atoms with Crippen molar-refractivity contribution in [3.8, 4) is 0 Å². The van der Waals surface area contributed by atoms with Gasteiger partial charge in [-0.25, -0.2) is 0 Å². The number of carbonyl (C=O) groups is 2. The molecule has 0 bridgehead atoms. The molecule has 1 rings (SSSR count). The zero-order chi connectivity index (χ0) is 7.56. The number of aliphatic hydroxyl groups is 1. The molecule has 56 valence electrons. The van der Waals surface area contributed by atoms with E-state index in [0.717, 1.165) is 0 Å². The summed E-state index contributed by atoms with van der Waals surface area (Å²) in [7, 11) is 0. The first-order valence-corrected chi connectivity index (χ1v) is 3.10. The lowest BCUT2D eigenvalue weighted by Gasteiger charge is -1.99. The molecule has 4 heteroatoms. The molecule has 1 heterocycles. The molecule has 0 spiro atoms. The van der Waals surface area contributed by atoms with E-state index < -0.39 is 18.0 Å². The van der Waals surface area contributed by atoms with Crippen LogP contribution in [-0.2, 0) is 14.3 Å². The highest BCUT2D eigenvalue weighted by molar-refractivity contribution is 5.86. The van der Waals surface area contributed by atoms with Gasteiger partial charge in [0.1, 0.15) is 0 Å². The minimum Gasteiger partial charge on any atom is -0.393 e. The first kappa shape index (κ1) is 7.21. The van der Waals surface area contributed by atoms with Gasteiger partial charge in [-0.2, -0.15) is 0 Å². The molecule has 0 aliphatic carbocycles. The monoisotopic (exact) mass is 144 g/mol. The van der Waals surface area contributed by atoms with Crippen molar-refractivity contribution in [2.24, 2.45) is 0 Å². The van der Waals surface area contributed by atoms with Gasteiger partial charge in [0.2, 0.25) is 0 Å². The molecule has 4 nitrogen and oxygen atoms in total. The maximum atomic E-state index is 10.5. The Morgan fingerprint density at radius 3 is 2.80 bits per heavy atom. The Hall–Kier alpha value is -0.900. The van der Waals surface area contributed by atoms with Crippen LogP contribution in [-0.4, -0.2) is 23.1 Å². The Morgan fingerprint density at radius 1 is 1.40 bits per heavy atom. The maximum Gasteiger partial charge on any atom is 0.316 e. The van der Waals surface area contributed by atoms with Crippen LogP contribution in [0.15, 0.2) is 0 Å². The Labute approximate surface area is 57.8 Å². The first-order valence-electron chi connectivity index (χ1n) is 3.10. The highest BCUT2D eigenvalue weighted by atomic mass is 16.6. The van der Waals surface area contributed by atoms with Crippen molar-refractivity contribution in [1.29, 1.82) is 0 Å². The predicted octanol–water partition coefficient (Wildman–Crippen LogP) is -0.399. The summed E-state index contributed by atoms with van der Waals surface area (Å²) in [5.41, 5.74) is 0. The molecule has 0 aromatic carbocycles. The highest BCUT2D eigenvalue weighted by Gasteiger charge is 2.21. The second-order valence-corrected chi connectivity index (χ2v) is 2.24. The van der Waals surface area contributed by atoms with Crippen molar-refractivity contribution < 1.29 is 19.4 Å². The molecule has 1 aliphatic rings. The first-order chi connectivity index (χ1) is 4.68. The highest BCUT2D eigenvalue weighted by Crippen LogP contribution is 2.09. The van der Waals surface area contributed by atoms with Crippen LogP contribution in [0.3, 0.4) is 0 Å². The smallest absolute Gasteiger partial charge is 0.316 e. The van der Waals surface area contributed by atoms with E-state index in [1.807, 2.05) is 0 Å². The number of hydrogen-bond donors (Lipinski definition) is 1. The molecule has 1 unspecified atom stereocenters. The molecule has 0 saturated carbocycles. The van der Waals surface area contributed by atoms with Gasteiger partial charge >= 0.3 is 11.9 Å². The number of cyclic esters (lactones) is 2. The van der Waals surface area contributed by atoms with E-state index in [4.69, 9.17) is 5.11 Å². The minimum absolute atomic E-state index is 0.0638. The molecule has 0 aromatic rings. The van der Waals surface area contributed by atoms with Crippen LogP contribution in [0.5, 0.6) is 0 Å². The average molecular weight is 144 g/mol. The summed E-state index contributed by atoms with van der Waals surface area (Å²) in [6, 6.07) is 0. The average Bonchev–Trinajstić information content (AvgIpc) is 1.93. The largest absolute Gasteiger partial charge is 0.393 e. The topological polar surface area (TPSA) is 63.6 Å². The molecule has 1 atom stereocenters. The lowest BCUT2D eigenvalue weighted by atomic mass is 10.2. The quantitative estimate of drug-likeness (QED) is 0.371. The van der Waals surface area contributed by atoms with Gasteiger partial charge in [0.15, 0.2) is 0 Å². The summed E-state index contributed by atoms with van der Waals surface area (Å²) in [5.74, 6) is -1.17. The second-order valence-electron chi connectivity index (χ2n) is 2.24. The minimum atomic E-state index is -0.709. The molecule has 0 aromatic heterocycles. The van der Waals surface area contributed by atoms with Crippen LogP contribution in [0.25, 0.3) is 0 Å². The van der Waals surface area contributed by atoms with Gasteiger partial charge < -0.3 is 9.84 Å². The zero-order valence-electron chi connectivity index (χ0n) is 5.37. The number of rotatable bonds is 0. The molecule has 1 aliphatic heterocycles. The summed E-state index contributed by atoms with van der Waals surface area (Å²) >= 11 is 0. The van der Waals surface area contributed by atoms with Crippen LogP contribution in [0.2, 0.25) is 0 Å². The third kappa shape index (κ3) is 1.80. The molecule has 0 amide bonds. The van der Waals surface area contributed by atoms with Crippen molar-refractivity contribution in [1.82, 2.24) is 0 Å². The van der Waals surface area contributed by atoms with Gasteiger partial charge in [0.25, 0.3) is 0 Å². The Kier molecular flexibility index (Phi) is 2.01. The lowest BCUT2D eigenvalue weighted by Crippen LogP contribution is -2.11. The van der Waals surface area contributed by atoms with Gasteiger partial charge in [-0.05, 0) is 6.42 Å². The maximum absolute atomic E-state index is 10.5. The number of esters is 2. The van der Waals surface area contributed by atoms with Crippen LogP contribution < -0.4 is 0 Å². The summed E-state index contributed by atoms with van der Waals surface area (Å²) in [6.07, 6.45) is -0.317. The van der Waals surface area contributed by atoms with Crippen molar-refractivity contribution in [2.75, 3.05) is 0 Å². The van der Waals surface area contributed by atoms with E-state index in [1.165, 1.54) is 0 Å². The van der Waals surface area contributed by atoms with E-state index in [0.29, 0.717) is 6.42 Å². The SMILES string of the molecule is O=C1CCC(O)CC(=O)O1. The number of ether oxygens (including phenoxy) is 1. The Morgan fingerprint density at radius 2 is 2.10 bits per heavy atom. The van der Waals surface area contributed by atoms with E-state index in [1.54, 1.807) is 0 Å². The lowest BCUT2D eigenvalue weighted by molar-refractivity contribution is -0.158. The van der Waals surface area contributed by atoms with Crippen LogP contribution in [0.4, 0.5) is 0 Å². The standard InChI is InChI=1S/C6H8O4/c7-4-1-2-5(8)10-6(9)3-4/h4,7H,1-3H2. The summed E-state index contributed by atoms with van der Waals surface area (Å²) < 4.78 is 4.24. The Balaban J connectivity index is 2.54. The molecular weight excluding hydrogens is 136 g/mol. The number of aliphatic hydroxyl groups excluding tert-OH is 1. The van der Waals surface area contributed by atoms with Crippen molar-refractivity contribution >= 4 is 11.9 Å². The van der Waals surface area contributed by atoms with E-state index in [-0.39, 0.29) is 12.8 Å².